The topological polar surface area (TPSA) is 78.8 Å². The first-order chi connectivity index (χ1) is 9.24. The van der Waals surface area contributed by atoms with Crippen LogP contribution in [0.2, 0.25) is 0 Å². The van der Waals surface area contributed by atoms with E-state index >= 15 is 0 Å². The fourth-order valence-corrected chi connectivity index (χ4v) is 1.98. The first-order valence-corrected chi connectivity index (χ1v) is 5.80. The van der Waals surface area contributed by atoms with Crippen molar-refractivity contribution in [2.45, 2.75) is 13.1 Å². The highest BCUT2D eigenvalue weighted by molar-refractivity contribution is 5.80. The molecule has 0 saturated heterocycles. The van der Waals surface area contributed by atoms with Crippen molar-refractivity contribution < 1.29 is 4.92 Å². The molecular formula is C12H11N5O2. The summed E-state index contributed by atoms with van der Waals surface area (Å²) in [6, 6.07) is 4.76. The van der Waals surface area contributed by atoms with Gasteiger partial charge in [-0.2, -0.15) is 5.10 Å². The molecule has 0 spiro atoms. The molecule has 7 heteroatoms. The van der Waals surface area contributed by atoms with E-state index in [0.717, 1.165) is 17.4 Å². The molecule has 1 aromatic carbocycles. The highest BCUT2D eigenvalue weighted by Crippen LogP contribution is 2.20. The van der Waals surface area contributed by atoms with E-state index in [1.54, 1.807) is 35.5 Å². The SMILES string of the molecule is O=[N+]([O-])c1ccc2cnn(CCn3ccnc3)c2c1. The summed E-state index contributed by atoms with van der Waals surface area (Å²) in [5, 5.41) is 15.9. The smallest absolute Gasteiger partial charge is 0.271 e. The van der Waals surface area contributed by atoms with E-state index in [1.807, 2.05) is 10.8 Å². The minimum absolute atomic E-state index is 0.0804. The summed E-state index contributed by atoms with van der Waals surface area (Å²) >= 11 is 0. The molecular weight excluding hydrogens is 246 g/mol. The van der Waals surface area contributed by atoms with E-state index in [1.165, 1.54) is 6.07 Å². The van der Waals surface area contributed by atoms with Crippen molar-refractivity contribution in [3.63, 3.8) is 0 Å². The number of aryl methyl sites for hydroxylation is 2. The number of imidazole rings is 1. The van der Waals surface area contributed by atoms with Crippen LogP contribution in [0.5, 0.6) is 0 Å². The first-order valence-electron chi connectivity index (χ1n) is 5.80. The van der Waals surface area contributed by atoms with Crippen LogP contribution in [0.4, 0.5) is 5.69 Å². The van der Waals surface area contributed by atoms with E-state index in [0.29, 0.717) is 6.54 Å². The van der Waals surface area contributed by atoms with Gasteiger partial charge in [-0.1, -0.05) is 0 Å². The molecule has 0 aliphatic carbocycles. The highest BCUT2D eigenvalue weighted by Gasteiger charge is 2.09. The second kappa shape index (κ2) is 4.52. The van der Waals surface area contributed by atoms with Crippen LogP contribution in [-0.2, 0) is 13.1 Å². The second-order valence-electron chi connectivity index (χ2n) is 4.17. The Morgan fingerprint density at radius 2 is 2.21 bits per heavy atom. The standard InChI is InChI=1S/C12H11N5O2/c18-17(19)11-2-1-10-8-14-16(12(10)7-11)6-5-15-4-3-13-9-15/h1-4,7-9H,5-6H2. The van der Waals surface area contributed by atoms with Gasteiger partial charge in [0.25, 0.3) is 5.69 Å². The zero-order valence-electron chi connectivity index (χ0n) is 10.0. The average molecular weight is 257 g/mol. The molecule has 0 aliphatic rings. The van der Waals surface area contributed by atoms with Crippen molar-refractivity contribution in [2.75, 3.05) is 0 Å². The lowest BCUT2D eigenvalue weighted by atomic mass is 10.2. The Morgan fingerprint density at radius 1 is 1.32 bits per heavy atom. The third-order valence-electron chi connectivity index (χ3n) is 2.97. The Bertz CT molecular complexity index is 717. The molecule has 0 amide bonds. The normalized spacial score (nSPS) is 10.9. The molecule has 0 N–H and O–H groups in total. The van der Waals surface area contributed by atoms with Crippen molar-refractivity contribution in [1.29, 1.82) is 0 Å². The van der Waals surface area contributed by atoms with E-state index in [4.69, 9.17) is 0 Å². The zero-order chi connectivity index (χ0) is 13.2. The molecule has 2 heterocycles. The third-order valence-corrected chi connectivity index (χ3v) is 2.97. The van der Waals surface area contributed by atoms with Crippen LogP contribution in [0.3, 0.4) is 0 Å². The quantitative estimate of drug-likeness (QED) is 0.527. The minimum Gasteiger partial charge on any atom is -0.336 e. The summed E-state index contributed by atoms with van der Waals surface area (Å²) in [7, 11) is 0. The molecule has 3 aromatic rings. The predicted octanol–water partition coefficient (Wildman–Crippen LogP) is 1.84. The van der Waals surface area contributed by atoms with E-state index in [-0.39, 0.29) is 5.69 Å². The number of nitro groups is 1. The lowest BCUT2D eigenvalue weighted by molar-refractivity contribution is -0.384. The molecule has 0 unspecified atom stereocenters. The van der Waals surface area contributed by atoms with E-state index in [9.17, 15) is 10.1 Å². The van der Waals surface area contributed by atoms with Crippen LogP contribution in [0.15, 0.2) is 43.1 Å². The highest BCUT2D eigenvalue weighted by atomic mass is 16.6. The molecule has 19 heavy (non-hydrogen) atoms. The molecule has 0 bridgehead atoms. The largest absolute Gasteiger partial charge is 0.336 e. The molecule has 0 radical (unpaired) electrons. The first kappa shape index (κ1) is 11.4. The molecule has 0 atom stereocenters. The van der Waals surface area contributed by atoms with Crippen molar-refractivity contribution in [3.8, 4) is 0 Å². The van der Waals surface area contributed by atoms with Crippen LogP contribution in [-0.4, -0.2) is 24.3 Å². The molecule has 0 fully saturated rings. The van der Waals surface area contributed by atoms with Gasteiger partial charge < -0.3 is 4.57 Å². The summed E-state index contributed by atoms with van der Waals surface area (Å²) in [4.78, 5) is 14.4. The maximum atomic E-state index is 10.8. The third kappa shape index (κ3) is 2.17. The molecule has 3 rings (SSSR count). The number of fused-ring (bicyclic) bond motifs is 1. The van der Waals surface area contributed by atoms with Gasteiger partial charge in [-0.05, 0) is 6.07 Å². The average Bonchev–Trinajstić information content (AvgIpc) is 3.05. The Labute approximate surface area is 108 Å². The monoisotopic (exact) mass is 257 g/mol. The Kier molecular flexibility index (Phi) is 2.71. The summed E-state index contributed by atoms with van der Waals surface area (Å²) in [5.74, 6) is 0. The van der Waals surface area contributed by atoms with Gasteiger partial charge in [0.1, 0.15) is 0 Å². The number of hydrogen-bond donors (Lipinski definition) is 0. The number of rotatable bonds is 4. The number of nitro benzene ring substituents is 1. The molecule has 7 nitrogen and oxygen atoms in total. The van der Waals surface area contributed by atoms with Crippen LogP contribution in [0, 0.1) is 10.1 Å². The van der Waals surface area contributed by atoms with Crippen LogP contribution >= 0.6 is 0 Å². The maximum absolute atomic E-state index is 10.8. The fourth-order valence-electron chi connectivity index (χ4n) is 1.98. The summed E-state index contributed by atoms with van der Waals surface area (Å²) in [6.45, 7) is 1.36. The van der Waals surface area contributed by atoms with Crippen LogP contribution in [0.1, 0.15) is 0 Å². The number of benzene rings is 1. The fraction of sp³-hybridized carbons (Fsp3) is 0.167. The zero-order valence-corrected chi connectivity index (χ0v) is 10.0. The van der Waals surface area contributed by atoms with Gasteiger partial charge in [0.05, 0.1) is 29.5 Å². The summed E-state index contributed by atoms with van der Waals surface area (Å²) in [5.41, 5.74) is 0.853. The number of aromatic nitrogens is 4. The molecule has 2 aromatic heterocycles. The van der Waals surface area contributed by atoms with Gasteiger partial charge in [-0.15, -0.1) is 0 Å². The van der Waals surface area contributed by atoms with Gasteiger partial charge in [-0.3, -0.25) is 14.8 Å². The second-order valence-corrected chi connectivity index (χ2v) is 4.17. The Hall–Kier alpha value is -2.70. The van der Waals surface area contributed by atoms with Gasteiger partial charge in [0.15, 0.2) is 0 Å². The van der Waals surface area contributed by atoms with Crippen molar-refractivity contribution >= 4 is 16.6 Å². The van der Waals surface area contributed by atoms with Crippen LogP contribution < -0.4 is 0 Å². The van der Waals surface area contributed by atoms with Crippen LogP contribution in [0.25, 0.3) is 10.9 Å². The molecule has 0 saturated carbocycles. The number of hydrogen-bond acceptors (Lipinski definition) is 4. The van der Waals surface area contributed by atoms with E-state index < -0.39 is 4.92 Å². The van der Waals surface area contributed by atoms with Gasteiger partial charge >= 0.3 is 0 Å². The minimum atomic E-state index is -0.396. The Balaban J connectivity index is 1.90. The van der Waals surface area contributed by atoms with Crippen molar-refractivity contribution in [2.24, 2.45) is 0 Å². The summed E-state index contributed by atoms with van der Waals surface area (Å²) in [6.07, 6.45) is 7.03. The van der Waals surface area contributed by atoms with Crippen molar-refractivity contribution in [1.82, 2.24) is 19.3 Å². The van der Waals surface area contributed by atoms with Gasteiger partial charge in [0, 0.05) is 36.5 Å². The maximum Gasteiger partial charge on any atom is 0.271 e. The number of non-ortho nitro benzene ring substituents is 1. The Morgan fingerprint density at radius 3 is 2.95 bits per heavy atom. The number of nitrogens with zero attached hydrogens (tertiary/aromatic N) is 5. The van der Waals surface area contributed by atoms with Gasteiger partial charge in [-0.25, -0.2) is 4.98 Å². The lowest BCUT2D eigenvalue weighted by Crippen LogP contribution is -2.07. The molecule has 96 valence electrons. The molecule has 0 aliphatic heterocycles. The van der Waals surface area contributed by atoms with E-state index in [2.05, 4.69) is 10.1 Å². The predicted molar refractivity (Wildman–Crippen MR) is 68.6 cm³/mol. The van der Waals surface area contributed by atoms with Gasteiger partial charge in [0.2, 0.25) is 0 Å². The lowest BCUT2D eigenvalue weighted by Gasteiger charge is -2.04. The summed E-state index contributed by atoms with van der Waals surface area (Å²) < 4.78 is 3.70. The van der Waals surface area contributed by atoms with Crippen molar-refractivity contribution in [3.05, 3.63) is 53.2 Å².